The van der Waals surface area contributed by atoms with E-state index in [0.717, 1.165) is 11.0 Å². The van der Waals surface area contributed by atoms with Crippen LogP contribution in [0.5, 0.6) is 11.5 Å². The molecule has 0 aromatic heterocycles. The lowest BCUT2D eigenvalue weighted by atomic mass is 10.2. The number of carbonyl (C=O) groups is 2. The molecule has 25 heavy (non-hydrogen) atoms. The summed E-state index contributed by atoms with van der Waals surface area (Å²) in [6.45, 7) is 0. The second-order valence-corrected chi connectivity index (χ2v) is 5.44. The maximum Gasteiger partial charge on any atom is 0.273 e. The summed E-state index contributed by atoms with van der Waals surface area (Å²) in [6.07, 6.45) is -0.129. The third-order valence-corrected chi connectivity index (χ3v) is 3.78. The number of nitro groups is 1. The van der Waals surface area contributed by atoms with Gasteiger partial charge in [-0.1, -0.05) is 0 Å². The summed E-state index contributed by atoms with van der Waals surface area (Å²) in [5, 5.41) is 32.6. The average Bonchev–Trinajstić information content (AvgIpc) is 2.84. The fourth-order valence-corrected chi connectivity index (χ4v) is 2.56. The normalized spacial score (nSPS) is 17.0. The standard InChI is InChI=1S/C16H13N3O6/c20-11-4-1-9(2-5-11)18-15(22)8-13(16(18)23)17-12-6-3-10(19(24)25)7-14(12)21/h1-7,13,17,20-21H,8H2. The van der Waals surface area contributed by atoms with Crippen molar-refractivity contribution in [1.82, 2.24) is 0 Å². The van der Waals surface area contributed by atoms with Crippen LogP contribution in [-0.2, 0) is 9.59 Å². The molecule has 1 unspecified atom stereocenters. The van der Waals surface area contributed by atoms with Crippen LogP contribution < -0.4 is 10.2 Å². The number of phenols is 2. The molecule has 0 saturated carbocycles. The highest BCUT2D eigenvalue weighted by Gasteiger charge is 2.39. The molecule has 2 aromatic rings. The minimum absolute atomic E-state index is 0.00771. The van der Waals surface area contributed by atoms with E-state index in [0.29, 0.717) is 5.69 Å². The van der Waals surface area contributed by atoms with Crippen molar-refractivity contribution in [1.29, 1.82) is 0 Å². The lowest BCUT2D eigenvalue weighted by Gasteiger charge is -2.16. The lowest BCUT2D eigenvalue weighted by Crippen LogP contribution is -2.34. The Balaban J connectivity index is 1.81. The van der Waals surface area contributed by atoms with Crippen molar-refractivity contribution < 1.29 is 24.7 Å². The van der Waals surface area contributed by atoms with E-state index in [9.17, 15) is 29.9 Å². The van der Waals surface area contributed by atoms with E-state index >= 15 is 0 Å². The molecule has 1 atom stereocenters. The van der Waals surface area contributed by atoms with Gasteiger partial charge in [0.2, 0.25) is 5.91 Å². The Morgan fingerprint density at radius 2 is 1.80 bits per heavy atom. The van der Waals surface area contributed by atoms with Crippen molar-refractivity contribution in [2.24, 2.45) is 0 Å². The molecule has 0 bridgehead atoms. The smallest absolute Gasteiger partial charge is 0.273 e. The van der Waals surface area contributed by atoms with E-state index in [1.165, 1.54) is 36.4 Å². The molecule has 9 heteroatoms. The number of hydrogen-bond acceptors (Lipinski definition) is 7. The monoisotopic (exact) mass is 343 g/mol. The van der Waals surface area contributed by atoms with Crippen molar-refractivity contribution in [3.8, 4) is 11.5 Å². The molecular formula is C16H13N3O6. The molecule has 2 amide bonds. The van der Waals surface area contributed by atoms with Crippen LogP contribution in [0.2, 0.25) is 0 Å². The Morgan fingerprint density at radius 1 is 1.12 bits per heavy atom. The summed E-state index contributed by atoms with van der Waals surface area (Å²) in [5.74, 6) is -1.34. The second-order valence-electron chi connectivity index (χ2n) is 5.44. The van der Waals surface area contributed by atoms with E-state index in [-0.39, 0.29) is 23.5 Å². The molecule has 128 valence electrons. The Hall–Kier alpha value is -3.62. The zero-order chi connectivity index (χ0) is 18.1. The zero-order valence-corrected chi connectivity index (χ0v) is 12.7. The summed E-state index contributed by atoms with van der Waals surface area (Å²) in [6, 6.07) is 8.11. The number of hydrogen-bond donors (Lipinski definition) is 3. The van der Waals surface area contributed by atoms with Gasteiger partial charge >= 0.3 is 0 Å². The van der Waals surface area contributed by atoms with Crippen LogP contribution in [-0.4, -0.2) is 33.0 Å². The van der Waals surface area contributed by atoms with Crippen LogP contribution in [0.1, 0.15) is 6.42 Å². The third kappa shape index (κ3) is 3.07. The van der Waals surface area contributed by atoms with Gasteiger partial charge in [-0.2, -0.15) is 0 Å². The fraction of sp³-hybridized carbons (Fsp3) is 0.125. The first kappa shape index (κ1) is 16.2. The van der Waals surface area contributed by atoms with Crippen molar-refractivity contribution in [2.45, 2.75) is 12.5 Å². The van der Waals surface area contributed by atoms with Crippen molar-refractivity contribution in [3.05, 3.63) is 52.6 Å². The molecule has 1 fully saturated rings. The lowest BCUT2D eigenvalue weighted by molar-refractivity contribution is -0.384. The second kappa shape index (κ2) is 6.11. The summed E-state index contributed by atoms with van der Waals surface area (Å²) in [5.41, 5.74) is 0.150. The quantitative estimate of drug-likeness (QED) is 0.333. The van der Waals surface area contributed by atoms with Gasteiger partial charge in [0.1, 0.15) is 17.5 Å². The summed E-state index contributed by atoms with van der Waals surface area (Å²) in [7, 11) is 0. The number of phenolic OH excluding ortho intramolecular Hbond substituents is 2. The van der Waals surface area contributed by atoms with Gasteiger partial charge in [0.05, 0.1) is 28.8 Å². The van der Waals surface area contributed by atoms with E-state index in [2.05, 4.69) is 5.32 Å². The highest BCUT2D eigenvalue weighted by molar-refractivity contribution is 6.23. The van der Waals surface area contributed by atoms with E-state index in [1.54, 1.807) is 0 Å². The molecule has 0 radical (unpaired) electrons. The largest absolute Gasteiger partial charge is 0.508 e. The fourth-order valence-electron chi connectivity index (χ4n) is 2.56. The van der Waals surface area contributed by atoms with Crippen molar-refractivity contribution in [3.63, 3.8) is 0 Å². The molecular weight excluding hydrogens is 330 g/mol. The molecule has 1 heterocycles. The van der Waals surface area contributed by atoms with Gasteiger partial charge in [-0.25, -0.2) is 4.90 Å². The van der Waals surface area contributed by atoms with Crippen molar-refractivity contribution in [2.75, 3.05) is 10.2 Å². The van der Waals surface area contributed by atoms with Gasteiger partial charge < -0.3 is 15.5 Å². The van der Waals surface area contributed by atoms with E-state index in [1.807, 2.05) is 0 Å². The predicted octanol–water partition coefficient (Wildman–Crippen LogP) is 1.75. The van der Waals surface area contributed by atoms with Crippen LogP contribution in [0.25, 0.3) is 0 Å². The number of anilines is 2. The minimum atomic E-state index is -0.909. The number of carbonyl (C=O) groups excluding carboxylic acids is 2. The van der Waals surface area contributed by atoms with Crippen LogP contribution >= 0.6 is 0 Å². The number of nitrogens with zero attached hydrogens (tertiary/aromatic N) is 2. The summed E-state index contributed by atoms with van der Waals surface area (Å²) >= 11 is 0. The van der Waals surface area contributed by atoms with Gasteiger partial charge in [0, 0.05) is 6.07 Å². The summed E-state index contributed by atoms with van der Waals surface area (Å²) in [4.78, 5) is 35.6. The molecule has 9 nitrogen and oxygen atoms in total. The maximum atomic E-state index is 12.5. The van der Waals surface area contributed by atoms with Gasteiger partial charge in [-0.3, -0.25) is 19.7 Å². The molecule has 1 aliphatic heterocycles. The highest BCUT2D eigenvalue weighted by atomic mass is 16.6. The van der Waals surface area contributed by atoms with Gasteiger partial charge in [-0.05, 0) is 30.3 Å². The van der Waals surface area contributed by atoms with Crippen LogP contribution in [0.4, 0.5) is 17.1 Å². The number of benzene rings is 2. The molecule has 0 spiro atoms. The number of aromatic hydroxyl groups is 2. The first-order valence-electron chi connectivity index (χ1n) is 7.26. The molecule has 0 aliphatic carbocycles. The van der Waals surface area contributed by atoms with Gasteiger partial charge in [-0.15, -0.1) is 0 Å². The van der Waals surface area contributed by atoms with Crippen LogP contribution in [0.15, 0.2) is 42.5 Å². The molecule has 3 N–H and O–H groups in total. The predicted molar refractivity (Wildman–Crippen MR) is 87.4 cm³/mol. The Bertz CT molecular complexity index is 865. The van der Waals surface area contributed by atoms with E-state index < -0.39 is 28.5 Å². The number of amides is 2. The van der Waals surface area contributed by atoms with E-state index in [4.69, 9.17) is 0 Å². The Kier molecular flexibility index (Phi) is 3.97. The van der Waals surface area contributed by atoms with Crippen LogP contribution in [0.3, 0.4) is 0 Å². The number of imide groups is 1. The van der Waals surface area contributed by atoms with Gasteiger partial charge in [0.25, 0.3) is 11.6 Å². The molecule has 2 aromatic carbocycles. The third-order valence-electron chi connectivity index (χ3n) is 3.78. The highest BCUT2D eigenvalue weighted by Crippen LogP contribution is 2.31. The Morgan fingerprint density at radius 3 is 2.40 bits per heavy atom. The Labute approximate surface area is 141 Å². The SMILES string of the molecule is O=C1CC(Nc2ccc([N+](=O)[O-])cc2O)C(=O)N1c1ccc(O)cc1. The minimum Gasteiger partial charge on any atom is -0.508 e. The number of nitro benzene ring substituents is 1. The molecule has 3 rings (SSSR count). The first-order valence-corrected chi connectivity index (χ1v) is 7.26. The number of non-ortho nitro benzene ring substituents is 1. The van der Waals surface area contributed by atoms with Gasteiger partial charge in [0.15, 0.2) is 0 Å². The average molecular weight is 343 g/mol. The number of rotatable bonds is 4. The summed E-state index contributed by atoms with van der Waals surface area (Å²) < 4.78 is 0. The first-order chi connectivity index (χ1) is 11.9. The topological polar surface area (TPSA) is 133 Å². The molecule has 1 saturated heterocycles. The number of nitrogens with one attached hydrogen (secondary N) is 1. The van der Waals surface area contributed by atoms with Crippen LogP contribution in [0, 0.1) is 10.1 Å². The molecule has 1 aliphatic rings. The van der Waals surface area contributed by atoms with Crippen molar-refractivity contribution >= 4 is 28.9 Å². The zero-order valence-electron chi connectivity index (χ0n) is 12.7. The maximum absolute atomic E-state index is 12.5.